The molecule has 0 radical (unpaired) electrons. The normalized spacial score (nSPS) is 10.5. The van der Waals surface area contributed by atoms with Crippen molar-refractivity contribution >= 4 is 40.2 Å². The standard InChI is InChI=1S/C26H21ClN4O3/c27-21-12-6-4-11-19(21)23-16-20(18-10-5-7-13-22(18)29-23)26(34)31-30-24(32)14-15-28-25(33)17-8-2-1-3-9-17/h1-13,16H,14-15H2,(H,28,33)(H,30,32)(H,31,34). The minimum Gasteiger partial charge on any atom is -0.352 e. The minimum atomic E-state index is -0.492. The predicted molar refractivity (Wildman–Crippen MR) is 131 cm³/mol. The highest BCUT2D eigenvalue weighted by Crippen LogP contribution is 2.29. The van der Waals surface area contributed by atoms with Gasteiger partial charge in [0, 0.05) is 34.5 Å². The molecule has 1 heterocycles. The van der Waals surface area contributed by atoms with Crippen LogP contribution in [0.15, 0.2) is 84.9 Å². The lowest BCUT2D eigenvalue weighted by molar-refractivity contribution is -0.121. The Bertz CT molecular complexity index is 1360. The number of halogens is 1. The Kier molecular flexibility index (Phi) is 7.15. The van der Waals surface area contributed by atoms with E-state index in [0.29, 0.717) is 38.3 Å². The topological polar surface area (TPSA) is 100 Å². The second-order valence-corrected chi connectivity index (χ2v) is 7.83. The number of nitrogens with zero attached hydrogens (tertiary/aromatic N) is 1. The zero-order valence-corrected chi connectivity index (χ0v) is 18.8. The summed E-state index contributed by atoms with van der Waals surface area (Å²) >= 11 is 6.33. The first kappa shape index (κ1) is 22.9. The third kappa shape index (κ3) is 5.39. The fourth-order valence-corrected chi connectivity index (χ4v) is 3.64. The van der Waals surface area contributed by atoms with E-state index in [9.17, 15) is 14.4 Å². The Labute approximate surface area is 201 Å². The number of pyridine rings is 1. The summed E-state index contributed by atoms with van der Waals surface area (Å²) in [6.45, 7) is 0.129. The van der Waals surface area contributed by atoms with Crippen LogP contribution in [-0.4, -0.2) is 29.3 Å². The van der Waals surface area contributed by atoms with Gasteiger partial charge in [-0.3, -0.25) is 25.2 Å². The summed E-state index contributed by atoms with van der Waals surface area (Å²) in [5.41, 5.74) is 7.56. The molecule has 0 saturated heterocycles. The van der Waals surface area contributed by atoms with Crippen molar-refractivity contribution in [2.24, 2.45) is 0 Å². The molecule has 3 aromatic carbocycles. The van der Waals surface area contributed by atoms with Crippen LogP contribution < -0.4 is 16.2 Å². The largest absolute Gasteiger partial charge is 0.352 e. The van der Waals surface area contributed by atoms with Crippen LogP contribution in [0.1, 0.15) is 27.1 Å². The number of para-hydroxylation sites is 1. The molecule has 1 aromatic heterocycles. The number of hydrogen-bond acceptors (Lipinski definition) is 4. The van der Waals surface area contributed by atoms with Crippen molar-refractivity contribution in [3.63, 3.8) is 0 Å². The van der Waals surface area contributed by atoms with Crippen molar-refractivity contribution in [2.75, 3.05) is 6.54 Å². The van der Waals surface area contributed by atoms with Crippen molar-refractivity contribution < 1.29 is 14.4 Å². The molecule has 4 rings (SSSR count). The Balaban J connectivity index is 1.42. The molecule has 7 nitrogen and oxygen atoms in total. The third-order valence-electron chi connectivity index (χ3n) is 5.10. The van der Waals surface area contributed by atoms with Crippen molar-refractivity contribution in [2.45, 2.75) is 6.42 Å². The molecule has 0 bridgehead atoms. The second-order valence-electron chi connectivity index (χ2n) is 7.43. The molecule has 0 unspecified atom stereocenters. The van der Waals surface area contributed by atoms with Gasteiger partial charge in [0.1, 0.15) is 0 Å². The molecule has 0 fully saturated rings. The zero-order chi connectivity index (χ0) is 23.9. The van der Waals surface area contributed by atoms with E-state index in [0.717, 1.165) is 0 Å². The van der Waals surface area contributed by atoms with Crippen LogP contribution in [-0.2, 0) is 4.79 Å². The maximum atomic E-state index is 12.9. The Morgan fingerprint density at radius 1 is 0.794 bits per heavy atom. The number of hydrazine groups is 1. The zero-order valence-electron chi connectivity index (χ0n) is 18.0. The number of carbonyl (C=O) groups excluding carboxylic acids is 3. The lowest BCUT2D eigenvalue weighted by Gasteiger charge is -2.12. The number of carbonyl (C=O) groups is 3. The van der Waals surface area contributed by atoms with Gasteiger partial charge in [0.05, 0.1) is 16.8 Å². The van der Waals surface area contributed by atoms with E-state index in [1.165, 1.54) is 0 Å². The number of benzene rings is 3. The Morgan fingerprint density at radius 2 is 1.50 bits per heavy atom. The monoisotopic (exact) mass is 472 g/mol. The number of nitrogens with one attached hydrogen (secondary N) is 3. The van der Waals surface area contributed by atoms with Gasteiger partial charge >= 0.3 is 0 Å². The quantitative estimate of drug-likeness (QED) is 0.367. The molecule has 4 aromatic rings. The van der Waals surface area contributed by atoms with Crippen LogP contribution in [0.25, 0.3) is 22.2 Å². The van der Waals surface area contributed by atoms with Gasteiger partial charge in [-0.2, -0.15) is 0 Å². The molecule has 8 heteroatoms. The highest BCUT2D eigenvalue weighted by atomic mass is 35.5. The minimum absolute atomic E-state index is 0.000813. The first-order valence-electron chi connectivity index (χ1n) is 10.6. The maximum Gasteiger partial charge on any atom is 0.270 e. The maximum absolute atomic E-state index is 12.9. The molecule has 0 spiro atoms. The van der Waals surface area contributed by atoms with E-state index in [4.69, 9.17) is 11.6 Å². The fraction of sp³-hybridized carbons (Fsp3) is 0.0769. The Hall–Kier alpha value is -4.23. The number of amides is 3. The van der Waals surface area contributed by atoms with Crippen LogP contribution in [0.4, 0.5) is 0 Å². The van der Waals surface area contributed by atoms with Crippen molar-refractivity contribution in [3.05, 3.63) is 101 Å². The Morgan fingerprint density at radius 3 is 2.29 bits per heavy atom. The van der Waals surface area contributed by atoms with E-state index in [2.05, 4.69) is 21.2 Å². The lowest BCUT2D eigenvalue weighted by Crippen LogP contribution is -2.42. The molecule has 0 aliphatic carbocycles. The summed E-state index contributed by atoms with van der Waals surface area (Å²) in [7, 11) is 0. The molecule has 0 atom stereocenters. The summed E-state index contributed by atoms with van der Waals surface area (Å²) in [6, 6.07) is 24.8. The summed E-state index contributed by atoms with van der Waals surface area (Å²) in [5.74, 6) is -1.20. The summed E-state index contributed by atoms with van der Waals surface area (Å²) in [5, 5.41) is 3.83. The van der Waals surface area contributed by atoms with Crippen LogP contribution in [0.2, 0.25) is 5.02 Å². The molecular weight excluding hydrogens is 452 g/mol. The average Bonchev–Trinajstić information content (AvgIpc) is 2.87. The van der Waals surface area contributed by atoms with Crippen molar-refractivity contribution in [3.8, 4) is 11.3 Å². The first-order valence-corrected chi connectivity index (χ1v) is 11.0. The number of hydrogen-bond donors (Lipinski definition) is 3. The van der Waals surface area contributed by atoms with E-state index in [1.807, 2.05) is 36.4 Å². The molecule has 3 amide bonds. The molecule has 3 N–H and O–H groups in total. The van der Waals surface area contributed by atoms with Gasteiger partial charge in [-0.05, 0) is 30.3 Å². The van der Waals surface area contributed by atoms with Gasteiger partial charge in [-0.25, -0.2) is 4.98 Å². The fourth-order valence-electron chi connectivity index (χ4n) is 3.41. The van der Waals surface area contributed by atoms with Gasteiger partial charge in [-0.15, -0.1) is 0 Å². The molecule has 0 aliphatic heterocycles. The van der Waals surface area contributed by atoms with E-state index in [-0.39, 0.29) is 18.9 Å². The smallest absolute Gasteiger partial charge is 0.270 e. The summed E-state index contributed by atoms with van der Waals surface area (Å²) < 4.78 is 0. The lowest BCUT2D eigenvalue weighted by atomic mass is 10.0. The van der Waals surface area contributed by atoms with Crippen molar-refractivity contribution in [1.29, 1.82) is 0 Å². The second kappa shape index (κ2) is 10.6. The van der Waals surface area contributed by atoms with Gasteiger partial charge < -0.3 is 5.32 Å². The third-order valence-corrected chi connectivity index (χ3v) is 5.43. The summed E-state index contributed by atoms with van der Waals surface area (Å²) in [6.07, 6.45) is 0.000813. The van der Waals surface area contributed by atoms with Crippen molar-refractivity contribution in [1.82, 2.24) is 21.2 Å². The SMILES string of the molecule is O=C(CCNC(=O)c1ccccc1)NNC(=O)c1cc(-c2ccccc2Cl)nc2ccccc12. The molecular formula is C26H21ClN4O3. The van der Waals surface area contributed by atoms with E-state index < -0.39 is 11.8 Å². The van der Waals surface area contributed by atoms with Crippen LogP contribution >= 0.6 is 11.6 Å². The molecule has 170 valence electrons. The van der Waals surface area contributed by atoms with Gasteiger partial charge in [0.2, 0.25) is 5.91 Å². The highest BCUT2D eigenvalue weighted by molar-refractivity contribution is 6.33. The number of aromatic nitrogens is 1. The van der Waals surface area contributed by atoms with Crippen LogP contribution in [0.3, 0.4) is 0 Å². The van der Waals surface area contributed by atoms with Crippen LogP contribution in [0.5, 0.6) is 0 Å². The highest BCUT2D eigenvalue weighted by Gasteiger charge is 2.16. The van der Waals surface area contributed by atoms with Gasteiger partial charge in [-0.1, -0.05) is 66.2 Å². The first-order chi connectivity index (χ1) is 16.5. The molecule has 0 aliphatic rings. The molecule has 0 saturated carbocycles. The van der Waals surface area contributed by atoms with E-state index >= 15 is 0 Å². The molecule has 34 heavy (non-hydrogen) atoms. The number of rotatable bonds is 6. The van der Waals surface area contributed by atoms with Gasteiger partial charge in [0.25, 0.3) is 11.8 Å². The van der Waals surface area contributed by atoms with Gasteiger partial charge in [0.15, 0.2) is 0 Å². The average molecular weight is 473 g/mol. The predicted octanol–water partition coefficient (Wildman–Crippen LogP) is 4.14. The summed E-state index contributed by atoms with van der Waals surface area (Å²) in [4.78, 5) is 41.8. The number of fused-ring (bicyclic) bond motifs is 1. The van der Waals surface area contributed by atoms with E-state index in [1.54, 1.807) is 48.5 Å². The van der Waals surface area contributed by atoms with Crippen LogP contribution in [0, 0.1) is 0 Å².